The number of aromatic nitrogens is 1. The largest absolute Gasteiger partial charge is 0.351 e. The van der Waals surface area contributed by atoms with Crippen LogP contribution in [0.4, 0.5) is 24.7 Å². The number of anilines is 2. The highest BCUT2D eigenvalue weighted by Crippen LogP contribution is 2.37. The summed E-state index contributed by atoms with van der Waals surface area (Å²) in [4.78, 5) is 47.9. The fourth-order valence-electron chi connectivity index (χ4n) is 5.28. The van der Waals surface area contributed by atoms with Crippen molar-refractivity contribution in [2.75, 3.05) is 9.80 Å². The number of alkyl halides is 2. The van der Waals surface area contributed by atoms with Crippen molar-refractivity contribution in [1.29, 1.82) is 0 Å². The lowest BCUT2D eigenvalue weighted by atomic mass is 9.91. The minimum Gasteiger partial charge on any atom is -0.351 e. The van der Waals surface area contributed by atoms with Crippen molar-refractivity contribution in [1.82, 2.24) is 10.3 Å². The highest BCUT2D eigenvalue weighted by Gasteiger charge is 2.45. The van der Waals surface area contributed by atoms with E-state index in [9.17, 15) is 27.6 Å². The first-order valence-corrected chi connectivity index (χ1v) is 14.2. The molecule has 0 unspecified atom stereocenters. The van der Waals surface area contributed by atoms with E-state index in [0.29, 0.717) is 5.82 Å². The van der Waals surface area contributed by atoms with Crippen LogP contribution in [0.1, 0.15) is 57.6 Å². The van der Waals surface area contributed by atoms with Crippen molar-refractivity contribution in [3.05, 3.63) is 75.8 Å². The van der Waals surface area contributed by atoms with Crippen LogP contribution in [0.3, 0.4) is 0 Å². The molecule has 0 radical (unpaired) electrons. The molecule has 1 N–H and O–H groups in total. The van der Waals surface area contributed by atoms with Crippen LogP contribution in [0.15, 0.2) is 59.4 Å². The van der Waals surface area contributed by atoms with E-state index >= 15 is 0 Å². The summed E-state index contributed by atoms with van der Waals surface area (Å²) in [5.74, 6) is -4.69. The fourth-order valence-corrected chi connectivity index (χ4v) is 6.04. The number of nitrogens with zero attached hydrogens (tertiary/aromatic N) is 3. The zero-order chi connectivity index (χ0) is 28.4. The smallest absolute Gasteiger partial charge is 0.251 e. The third-order valence-corrected chi connectivity index (χ3v) is 8.18. The molecule has 0 spiro atoms. The molecule has 218 valence electrons. The molecule has 2 atom stereocenters. The van der Waals surface area contributed by atoms with Gasteiger partial charge in [-0.2, -0.15) is 0 Å². The molecule has 1 aliphatic heterocycles. The van der Waals surface area contributed by atoms with Crippen molar-refractivity contribution in [3.63, 3.8) is 0 Å². The van der Waals surface area contributed by atoms with E-state index in [0.717, 1.165) is 11.0 Å². The van der Waals surface area contributed by atoms with Gasteiger partial charge in [-0.25, -0.2) is 18.2 Å². The van der Waals surface area contributed by atoms with Gasteiger partial charge in [-0.1, -0.05) is 43.3 Å². The van der Waals surface area contributed by atoms with Crippen LogP contribution >= 0.6 is 22.9 Å². The normalized spacial score (nSPS) is 19.4. The SMILES string of the molecule is C.O=C(NC1CCC(F)(F)CC1)[C@H](c1ccccc1Cl)N(C(=O)[C@@H]1CCC(=O)N1c1cscn1)c1cccc(F)c1. The highest BCUT2D eigenvalue weighted by atomic mass is 35.5. The average Bonchev–Trinajstić information content (AvgIpc) is 3.58. The van der Waals surface area contributed by atoms with Crippen molar-refractivity contribution in [3.8, 4) is 0 Å². The van der Waals surface area contributed by atoms with Gasteiger partial charge in [0, 0.05) is 47.0 Å². The summed E-state index contributed by atoms with van der Waals surface area (Å²) in [6.07, 6.45) is -0.352. The highest BCUT2D eigenvalue weighted by molar-refractivity contribution is 7.07. The summed E-state index contributed by atoms with van der Waals surface area (Å²) in [5, 5.41) is 4.66. The molecule has 3 aromatic rings. The molecule has 2 aliphatic rings. The second kappa shape index (κ2) is 12.6. The molecule has 1 saturated heterocycles. The Morgan fingerprint density at radius 1 is 1.12 bits per heavy atom. The molecule has 2 aromatic carbocycles. The van der Waals surface area contributed by atoms with Crippen LogP contribution in [-0.4, -0.2) is 40.7 Å². The van der Waals surface area contributed by atoms with Crippen molar-refractivity contribution >= 4 is 52.2 Å². The van der Waals surface area contributed by atoms with Gasteiger partial charge in [-0.05, 0) is 43.5 Å². The van der Waals surface area contributed by atoms with E-state index in [2.05, 4.69) is 10.3 Å². The third-order valence-electron chi connectivity index (χ3n) is 7.26. The number of thiazole rings is 1. The maximum atomic E-state index is 14.5. The van der Waals surface area contributed by atoms with Crippen LogP contribution in [-0.2, 0) is 14.4 Å². The standard InChI is InChI=1S/C28H26ClF3N4O3S.CH4/c29-21-7-2-1-6-20(21)25(26(38)34-18-10-12-28(31,32)13-11-18)35(19-5-3-4-17(30)14-19)27(39)22-8-9-24(37)36(22)23-15-40-16-33-23;/h1-7,14-16,18,22,25H,8-13H2,(H,34,38);1H4/t22-,25-;/m0./s1. The number of amides is 3. The Balaban J connectivity index is 0.00000387. The number of carbonyl (C=O) groups excluding carboxylic acids is 3. The molecular weight excluding hydrogens is 577 g/mol. The van der Waals surface area contributed by atoms with Crippen LogP contribution in [0.2, 0.25) is 5.02 Å². The van der Waals surface area contributed by atoms with Gasteiger partial charge in [-0.3, -0.25) is 24.2 Å². The molecule has 5 rings (SSSR count). The number of carbonyl (C=O) groups is 3. The van der Waals surface area contributed by atoms with Gasteiger partial charge in [-0.15, -0.1) is 11.3 Å². The van der Waals surface area contributed by atoms with E-state index in [1.165, 1.54) is 34.4 Å². The molecule has 1 aliphatic carbocycles. The van der Waals surface area contributed by atoms with Gasteiger partial charge in [0.25, 0.3) is 5.91 Å². The van der Waals surface area contributed by atoms with E-state index in [1.54, 1.807) is 35.2 Å². The predicted molar refractivity (Wildman–Crippen MR) is 153 cm³/mol. The number of nitrogens with one attached hydrogen (secondary N) is 1. The minimum atomic E-state index is -2.79. The van der Waals surface area contributed by atoms with Gasteiger partial charge < -0.3 is 5.32 Å². The van der Waals surface area contributed by atoms with Crippen LogP contribution in [0, 0.1) is 5.82 Å². The maximum absolute atomic E-state index is 14.5. The zero-order valence-corrected chi connectivity index (χ0v) is 22.8. The monoisotopic (exact) mass is 606 g/mol. The van der Waals surface area contributed by atoms with E-state index in [-0.39, 0.29) is 68.1 Å². The number of hydrogen-bond donors (Lipinski definition) is 1. The quantitative estimate of drug-likeness (QED) is 0.331. The molecule has 12 heteroatoms. The fraction of sp³-hybridized carbons (Fsp3) is 0.379. The molecule has 7 nitrogen and oxygen atoms in total. The second-order valence-corrected chi connectivity index (χ2v) is 11.0. The molecule has 41 heavy (non-hydrogen) atoms. The lowest BCUT2D eigenvalue weighted by Gasteiger charge is -2.37. The Labute approximate surface area is 245 Å². The predicted octanol–water partition coefficient (Wildman–Crippen LogP) is 6.54. The molecule has 2 fully saturated rings. The summed E-state index contributed by atoms with van der Waals surface area (Å²) in [7, 11) is 0. The van der Waals surface area contributed by atoms with Gasteiger partial charge >= 0.3 is 0 Å². The lowest BCUT2D eigenvalue weighted by molar-refractivity contribution is -0.128. The Kier molecular flexibility index (Phi) is 9.38. The topological polar surface area (TPSA) is 82.6 Å². The Morgan fingerprint density at radius 3 is 2.51 bits per heavy atom. The molecular formula is C29H30ClF3N4O3S. The van der Waals surface area contributed by atoms with Crippen molar-refractivity contribution in [2.45, 2.75) is 70.0 Å². The molecule has 1 aromatic heterocycles. The third kappa shape index (κ3) is 6.56. The molecule has 1 saturated carbocycles. The Bertz CT molecular complexity index is 1400. The van der Waals surface area contributed by atoms with E-state index in [4.69, 9.17) is 11.6 Å². The zero-order valence-electron chi connectivity index (χ0n) is 21.2. The van der Waals surface area contributed by atoms with Gasteiger partial charge in [0.1, 0.15) is 23.7 Å². The van der Waals surface area contributed by atoms with Gasteiger partial charge in [0.2, 0.25) is 17.7 Å². The maximum Gasteiger partial charge on any atom is 0.251 e. The molecule has 2 heterocycles. The minimum absolute atomic E-state index is 0. The first kappa shape index (κ1) is 30.5. The summed E-state index contributed by atoms with van der Waals surface area (Å²) in [6.45, 7) is 0. The lowest BCUT2D eigenvalue weighted by Crippen LogP contribution is -2.53. The van der Waals surface area contributed by atoms with Crippen molar-refractivity contribution < 1.29 is 27.6 Å². The first-order valence-electron chi connectivity index (χ1n) is 12.9. The van der Waals surface area contributed by atoms with Crippen molar-refractivity contribution in [2.24, 2.45) is 0 Å². The number of rotatable bonds is 7. The Hall–Kier alpha value is -3.44. The number of benzene rings is 2. The number of hydrogen-bond acceptors (Lipinski definition) is 5. The summed E-state index contributed by atoms with van der Waals surface area (Å²) in [5.41, 5.74) is 1.89. The first-order chi connectivity index (χ1) is 19.1. The number of halogens is 4. The molecule has 3 amide bonds. The summed E-state index contributed by atoms with van der Waals surface area (Å²) < 4.78 is 42.1. The van der Waals surface area contributed by atoms with Crippen LogP contribution < -0.4 is 15.1 Å². The summed E-state index contributed by atoms with van der Waals surface area (Å²) in [6, 6.07) is 8.77. The van der Waals surface area contributed by atoms with E-state index in [1.807, 2.05) is 0 Å². The van der Waals surface area contributed by atoms with Gasteiger partial charge in [0.05, 0.1) is 5.51 Å². The second-order valence-electron chi connectivity index (χ2n) is 9.92. The van der Waals surface area contributed by atoms with E-state index < -0.39 is 41.7 Å². The van der Waals surface area contributed by atoms with Crippen LogP contribution in [0.25, 0.3) is 0 Å². The Morgan fingerprint density at radius 2 is 1.85 bits per heavy atom. The summed E-state index contributed by atoms with van der Waals surface area (Å²) >= 11 is 7.80. The molecule has 0 bridgehead atoms. The average molecular weight is 607 g/mol. The van der Waals surface area contributed by atoms with Crippen LogP contribution in [0.5, 0.6) is 0 Å². The van der Waals surface area contributed by atoms with Gasteiger partial charge in [0.15, 0.2) is 0 Å².